The molecule has 0 aliphatic heterocycles. The van der Waals surface area contributed by atoms with Gasteiger partial charge in [-0.3, -0.25) is 4.79 Å². The van der Waals surface area contributed by atoms with Crippen molar-refractivity contribution in [2.45, 2.75) is 52.3 Å². The van der Waals surface area contributed by atoms with Gasteiger partial charge in [0.2, 0.25) is 0 Å². The number of aliphatic imine (C=N–C) groups is 1. The molecule has 0 aromatic heterocycles. The first-order valence-corrected chi connectivity index (χ1v) is 11.8. The molecule has 2 aromatic rings. The van der Waals surface area contributed by atoms with Crippen LogP contribution in [-0.2, 0) is 4.74 Å². The van der Waals surface area contributed by atoms with E-state index in [0.29, 0.717) is 11.1 Å². The van der Waals surface area contributed by atoms with Crippen LogP contribution in [0.5, 0.6) is 11.5 Å². The molecule has 0 unspecified atom stereocenters. The zero-order chi connectivity index (χ0) is 31.2. The van der Waals surface area contributed by atoms with Crippen LogP contribution < -0.4 is 20.9 Å². The minimum Gasteiger partial charge on any atom is -0.465 e. The van der Waals surface area contributed by atoms with Crippen molar-refractivity contribution < 1.29 is 50.1 Å². The number of alkyl halides is 6. The van der Waals surface area contributed by atoms with E-state index in [9.17, 15) is 35.9 Å². The monoisotopic (exact) mass is 619 g/mol. The topological polar surface area (TPSA) is 126 Å². The number of nitrogens with two attached hydrogens (primary N) is 2. The van der Waals surface area contributed by atoms with E-state index in [1.165, 1.54) is 12.1 Å². The van der Waals surface area contributed by atoms with Gasteiger partial charge in [-0.2, -0.15) is 4.99 Å². The first-order valence-electron chi connectivity index (χ1n) is 11.1. The molecule has 1 amide bonds. The zero-order valence-corrected chi connectivity index (χ0v) is 23.1. The first-order chi connectivity index (χ1) is 18.2. The summed E-state index contributed by atoms with van der Waals surface area (Å²) in [6.45, 7) is 7.04. The van der Waals surface area contributed by atoms with Crippen molar-refractivity contribution >= 4 is 41.0 Å². The van der Waals surface area contributed by atoms with Gasteiger partial charge in [0.1, 0.15) is 11.5 Å². The van der Waals surface area contributed by atoms with E-state index in [-0.39, 0.29) is 33.0 Å². The first kappa shape index (κ1) is 34.6. The predicted molar refractivity (Wildman–Crippen MR) is 136 cm³/mol. The van der Waals surface area contributed by atoms with Crippen LogP contribution in [0.15, 0.2) is 29.3 Å². The number of hydrogen-bond acceptors (Lipinski definition) is 5. The molecular formula is C24H25Cl2F6N3O5. The van der Waals surface area contributed by atoms with Gasteiger partial charge in [-0.25, -0.2) is 4.79 Å². The number of hydrogen-bond donors (Lipinski definition) is 2. The summed E-state index contributed by atoms with van der Waals surface area (Å²) < 4.78 is 85.5. The smallest absolute Gasteiger partial charge is 0.465 e. The molecule has 0 atom stereocenters. The van der Waals surface area contributed by atoms with Crippen LogP contribution in [0.1, 0.15) is 71.4 Å². The Morgan fingerprint density at radius 2 is 1.15 bits per heavy atom. The van der Waals surface area contributed by atoms with E-state index in [4.69, 9.17) is 34.7 Å². The van der Waals surface area contributed by atoms with E-state index in [0.717, 1.165) is 19.2 Å². The molecule has 0 fully saturated rings. The quantitative estimate of drug-likeness (QED) is 0.155. The molecule has 16 heteroatoms. The highest BCUT2D eigenvalue weighted by Gasteiger charge is 2.34. The third kappa shape index (κ3) is 10.6. The second-order valence-electron chi connectivity index (χ2n) is 8.48. The molecule has 0 aliphatic rings. The fraction of sp³-hybridized carbons (Fsp3) is 0.375. The maximum atomic E-state index is 12.3. The SMILES string of the molecule is CC(C)c1cc(Cl)c(OC(F)(F)F)cc1C(=O)N=C(N)N.COC(=O)c1cc(OC(F)(F)F)c(Cl)cc1C(C)C. The standard InChI is InChI=1S/C12H13ClF3N3O2.C12H12ClF3O3/c1-5(2)6-3-8(13)9(21-12(14,15)16)4-7(6)10(20)19-11(17)18;1-6(2)7-4-9(13)10(19-12(14,15)16)5-8(7)11(17)18-3/h3-5H,1-2H3,(H4,17,18,19,20);4-6H,1-3H3. The number of guanidine groups is 1. The number of methoxy groups -OCH3 is 1. The number of ether oxygens (including phenoxy) is 3. The molecule has 0 spiro atoms. The van der Waals surface area contributed by atoms with Crippen LogP contribution in [0.4, 0.5) is 26.3 Å². The van der Waals surface area contributed by atoms with Gasteiger partial charge in [-0.1, -0.05) is 50.9 Å². The summed E-state index contributed by atoms with van der Waals surface area (Å²) in [7, 11) is 1.14. The maximum Gasteiger partial charge on any atom is 0.573 e. The molecule has 2 rings (SSSR count). The fourth-order valence-corrected chi connectivity index (χ4v) is 3.57. The van der Waals surface area contributed by atoms with Crippen LogP contribution in [0.3, 0.4) is 0 Å². The van der Waals surface area contributed by atoms with Crippen LogP contribution in [0.2, 0.25) is 10.0 Å². The number of nitrogens with zero attached hydrogens (tertiary/aromatic N) is 1. The molecule has 2 aromatic carbocycles. The molecule has 8 nitrogen and oxygen atoms in total. The van der Waals surface area contributed by atoms with Crippen molar-refractivity contribution in [3.8, 4) is 11.5 Å². The summed E-state index contributed by atoms with van der Waals surface area (Å²) in [6.07, 6.45) is -9.81. The molecule has 0 radical (unpaired) electrons. The zero-order valence-electron chi connectivity index (χ0n) is 21.6. The molecule has 222 valence electrons. The normalized spacial score (nSPS) is 11.5. The molecule has 0 bridgehead atoms. The predicted octanol–water partition coefficient (Wildman–Crippen LogP) is 6.92. The summed E-state index contributed by atoms with van der Waals surface area (Å²) in [6, 6.07) is 4.32. The van der Waals surface area contributed by atoms with Gasteiger partial charge in [-0.05, 0) is 47.2 Å². The highest BCUT2D eigenvalue weighted by Crippen LogP contribution is 2.36. The molecule has 0 aliphatic carbocycles. The van der Waals surface area contributed by atoms with E-state index in [2.05, 4.69) is 19.2 Å². The Labute approximate surface area is 235 Å². The highest BCUT2D eigenvalue weighted by atomic mass is 35.5. The van der Waals surface area contributed by atoms with Gasteiger partial charge in [0.15, 0.2) is 5.96 Å². The number of halogens is 8. The second-order valence-corrected chi connectivity index (χ2v) is 9.29. The lowest BCUT2D eigenvalue weighted by molar-refractivity contribution is -0.275. The number of benzene rings is 2. The lowest BCUT2D eigenvalue weighted by atomic mass is 9.96. The number of carbonyl (C=O) groups is 2. The summed E-state index contributed by atoms with van der Waals surface area (Å²) in [5.74, 6) is -3.72. The Kier molecular flexibility index (Phi) is 11.9. The molecule has 4 N–H and O–H groups in total. The number of rotatable bonds is 6. The Morgan fingerprint density at radius 3 is 1.48 bits per heavy atom. The second kappa shape index (κ2) is 13.8. The number of amides is 1. The Morgan fingerprint density at radius 1 is 0.775 bits per heavy atom. The Balaban J connectivity index is 0.000000402. The van der Waals surface area contributed by atoms with Gasteiger partial charge in [-0.15, -0.1) is 26.3 Å². The van der Waals surface area contributed by atoms with Crippen LogP contribution >= 0.6 is 23.2 Å². The number of esters is 1. The van der Waals surface area contributed by atoms with Crippen molar-refractivity contribution in [3.05, 3.63) is 56.6 Å². The van der Waals surface area contributed by atoms with Crippen molar-refractivity contribution in [1.29, 1.82) is 0 Å². The van der Waals surface area contributed by atoms with Crippen molar-refractivity contribution in [3.63, 3.8) is 0 Å². The third-order valence-electron chi connectivity index (χ3n) is 4.77. The van der Waals surface area contributed by atoms with Crippen LogP contribution in [0, 0.1) is 0 Å². The van der Waals surface area contributed by atoms with E-state index in [1.54, 1.807) is 27.7 Å². The Hall–Kier alpha value is -3.39. The molecular weight excluding hydrogens is 595 g/mol. The average Bonchev–Trinajstić information content (AvgIpc) is 2.78. The average molecular weight is 620 g/mol. The minimum absolute atomic E-state index is 0.00106. The van der Waals surface area contributed by atoms with Crippen molar-refractivity contribution in [1.82, 2.24) is 0 Å². The molecule has 40 heavy (non-hydrogen) atoms. The van der Waals surface area contributed by atoms with Gasteiger partial charge < -0.3 is 25.7 Å². The van der Waals surface area contributed by atoms with Crippen molar-refractivity contribution in [2.24, 2.45) is 16.5 Å². The fourth-order valence-electron chi connectivity index (χ4n) is 3.15. The van der Waals surface area contributed by atoms with E-state index in [1.807, 2.05) is 0 Å². The van der Waals surface area contributed by atoms with Crippen LogP contribution in [0.25, 0.3) is 0 Å². The third-order valence-corrected chi connectivity index (χ3v) is 5.36. The summed E-state index contributed by atoms with van der Waals surface area (Å²) in [4.78, 5) is 26.8. The van der Waals surface area contributed by atoms with Gasteiger partial charge in [0, 0.05) is 5.56 Å². The van der Waals surface area contributed by atoms with Gasteiger partial charge >= 0.3 is 18.7 Å². The summed E-state index contributed by atoms with van der Waals surface area (Å²) >= 11 is 11.5. The maximum absolute atomic E-state index is 12.3. The minimum atomic E-state index is -4.93. The van der Waals surface area contributed by atoms with Crippen molar-refractivity contribution in [2.75, 3.05) is 7.11 Å². The molecule has 0 heterocycles. The number of carbonyl (C=O) groups excluding carboxylic acids is 2. The van der Waals surface area contributed by atoms with Gasteiger partial charge in [0.05, 0.1) is 22.7 Å². The summed E-state index contributed by atoms with van der Waals surface area (Å²) in [5, 5.41) is -0.481. The van der Waals surface area contributed by atoms with E-state index < -0.39 is 42.1 Å². The molecule has 0 saturated heterocycles. The largest absolute Gasteiger partial charge is 0.573 e. The highest BCUT2D eigenvalue weighted by molar-refractivity contribution is 6.32. The lowest BCUT2D eigenvalue weighted by Crippen LogP contribution is -2.24. The van der Waals surface area contributed by atoms with Crippen LogP contribution in [-0.4, -0.2) is 37.7 Å². The lowest BCUT2D eigenvalue weighted by Gasteiger charge is -2.16. The molecule has 0 saturated carbocycles. The van der Waals surface area contributed by atoms with Gasteiger partial charge in [0.25, 0.3) is 5.91 Å². The Bertz CT molecular complexity index is 1260. The summed E-state index contributed by atoms with van der Waals surface area (Å²) in [5.41, 5.74) is 11.0. The van der Waals surface area contributed by atoms with E-state index >= 15 is 0 Å².